The van der Waals surface area contributed by atoms with Gasteiger partial charge in [0.05, 0.1) is 12.0 Å². The highest BCUT2D eigenvalue weighted by Crippen LogP contribution is 2.22. The smallest absolute Gasteiger partial charge is 0.306 e. The fourth-order valence-electron chi connectivity index (χ4n) is 1.91. The summed E-state index contributed by atoms with van der Waals surface area (Å²) in [6.45, 7) is 5.79. The maximum Gasteiger partial charge on any atom is 0.306 e. The molecule has 2 N–H and O–H groups in total. The number of hydrogen-bond donors (Lipinski definition) is 2. The van der Waals surface area contributed by atoms with Crippen LogP contribution in [0.5, 0.6) is 0 Å². The summed E-state index contributed by atoms with van der Waals surface area (Å²) < 4.78 is 0. The van der Waals surface area contributed by atoms with Crippen molar-refractivity contribution in [2.45, 2.75) is 59.0 Å². The Morgan fingerprint density at radius 2 is 1.80 bits per heavy atom. The van der Waals surface area contributed by atoms with E-state index in [1.54, 1.807) is 6.92 Å². The maximum absolute atomic E-state index is 10.8. The number of aliphatic carboxylic acids is 1. The molecule has 0 heterocycles. The highest BCUT2D eigenvalue weighted by atomic mass is 16.4. The molecule has 0 aromatic rings. The zero-order valence-electron chi connectivity index (χ0n) is 10.1. The van der Waals surface area contributed by atoms with E-state index in [1.165, 1.54) is 0 Å². The molecule has 3 heteroatoms. The molecule has 3 unspecified atom stereocenters. The zero-order chi connectivity index (χ0) is 11.8. The number of carboxylic acid groups (broad SMARTS) is 1. The van der Waals surface area contributed by atoms with Gasteiger partial charge >= 0.3 is 5.97 Å². The van der Waals surface area contributed by atoms with Crippen LogP contribution in [0.2, 0.25) is 0 Å². The van der Waals surface area contributed by atoms with Gasteiger partial charge in [0, 0.05) is 0 Å². The van der Waals surface area contributed by atoms with E-state index in [2.05, 4.69) is 6.92 Å². The van der Waals surface area contributed by atoms with E-state index in [1.807, 2.05) is 6.92 Å². The maximum atomic E-state index is 10.8. The van der Waals surface area contributed by atoms with E-state index < -0.39 is 5.97 Å². The molecule has 0 aliphatic carbocycles. The molecule has 0 spiro atoms. The van der Waals surface area contributed by atoms with Crippen LogP contribution in [0.25, 0.3) is 0 Å². The third-order valence-electron chi connectivity index (χ3n) is 3.02. The Morgan fingerprint density at radius 3 is 2.13 bits per heavy atom. The molecule has 0 radical (unpaired) electrons. The molecular weight excluding hydrogens is 192 g/mol. The lowest BCUT2D eigenvalue weighted by atomic mass is 9.89. The van der Waals surface area contributed by atoms with Gasteiger partial charge in [-0.15, -0.1) is 0 Å². The van der Waals surface area contributed by atoms with Gasteiger partial charge in [-0.1, -0.05) is 20.3 Å². The largest absolute Gasteiger partial charge is 0.481 e. The van der Waals surface area contributed by atoms with Gasteiger partial charge in [0.1, 0.15) is 0 Å². The second-order valence-corrected chi connectivity index (χ2v) is 4.38. The first-order valence-corrected chi connectivity index (χ1v) is 5.92. The van der Waals surface area contributed by atoms with Crippen molar-refractivity contribution in [3.63, 3.8) is 0 Å². The first-order chi connectivity index (χ1) is 7.01. The van der Waals surface area contributed by atoms with Gasteiger partial charge in [-0.2, -0.15) is 0 Å². The average Bonchev–Trinajstić information content (AvgIpc) is 2.15. The molecule has 0 aliphatic rings. The van der Waals surface area contributed by atoms with Crippen LogP contribution in [0, 0.1) is 11.8 Å². The van der Waals surface area contributed by atoms with Gasteiger partial charge in [-0.3, -0.25) is 4.79 Å². The predicted octanol–water partition coefficient (Wildman–Crippen LogP) is 2.67. The van der Waals surface area contributed by atoms with Crippen molar-refractivity contribution >= 4 is 5.97 Å². The highest BCUT2D eigenvalue weighted by molar-refractivity contribution is 5.69. The number of rotatable bonds is 8. The van der Waals surface area contributed by atoms with Crippen LogP contribution in [0.4, 0.5) is 0 Å². The first-order valence-electron chi connectivity index (χ1n) is 5.92. The third kappa shape index (κ3) is 6.50. The minimum atomic E-state index is -0.690. The fourth-order valence-corrected chi connectivity index (χ4v) is 1.91. The molecule has 0 rings (SSSR count). The average molecular weight is 216 g/mol. The van der Waals surface area contributed by atoms with Gasteiger partial charge in [0.25, 0.3) is 0 Å². The number of aliphatic hydroxyl groups is 1. The van der Waals surface area contributed by atoms with Crippen LogP contribution in [-0.4, -0.2) is 22.3 Å². The molecule has 90 valence electrons. The number of aliphatic hydroxyl groups excluding tert-OH is 1. The van der Waals surface area contributed by atoms with Crippen LogP contribution >= 0.6 is 0 Å². The van der Waals surface area contributed by atoms with Gasteiger partial charge in [-0.05, 0) is 38.5 Å². The van der Waals surface area contributed by atoms with Crippen molar-refractivity contribution in [2.24, 2.45) is 11.8 Å². The summed E-state index contributed by atoms with van der Waals surface area (Å²) in [4.78, 5) is 10.8. The topological polar surface area (TPSA) is 57.5 Å². The Kier molecular flexibility index (Phi) is 7.39. The summed E-state index contributed by atoms with van der Waals surface area (Å²) >= 11 is 0. The monoisotopic (exact) mass is 216 g/mol. The van der Waals surface area contributed by atoms with Crippen LogP contribution in [0.15, 0.2) is 0 Å². The molecule has 0 aromatic heterocycles. The quantitative estimate of drug-likeness (QED) is 0.656. The van der Waals surface area contributed by atoms with Crippen LogP contribution in [0.3, 0.4) is 0 Å². The van der Waals surface area contributed by atoms with E-state index in [4.69, 9.17) is 5.11 Å². The molecule has 0 aliphatic heterocycles. The highest BCUT2D eigenvalue weighted by Gasteiger charge is 2.17. The summed E-state index contributed by atoms with van der Waals surface area (Å²) in [6.07, 6.45) is 3.86. The molecule has 15 heavy (non-hydrogen) atoms. The Hall–Kier alpha value is -0.570. The van der Waals surface area contributed by atoms with E-state index in [-0.39, 0.29) is 12.0 Å². The van der Waals surface area contributed by atoms with E-state index >= 15 is 0 Å². The lowest BCUT2D eigenvalue weighted by Crippen LogP contribution is -2.16. The van der Waals surface area contributed by atoms with Crippen molar-refractivity contribution in [1.29, 1.82) is 0 Å². The molecule has 0 fully saturated rings. The van der Waals surface area contributed by atoms with Gasteiger partial charge < -0.3 is 10.2 Å². The second kappa shape index (κ2) is 7.69. The summed E-state index contributed by atoms with van der Waals surface area (Å²) in [6, 6.07) is 0. The third-order valence-corrected chi connectivity index (χ3v) is 3.02. The summed E-state index contributed by atoms with van der Waals surface area (Å²) in [5.41, 5.74) is 0. The van der Waals surface area contributed by atoms with E-state index in [0.29, 0.717) is 12.3 Å². The fraction of sp³-hybridized carbons (Fsp3) is 0.917. The lowest BCUT2D eigenvalue weighted by molar-refractivity contribution is -0.142. The minimum absolute atomic E-state index is 0.215. The number of carboxylic acids is 1. The Morgan fingerprint density at radius 1 is 1.20 bits per heavy atom. The first kappa shape index (κ1) is 14.4. The summed E-state index contributed by atoms with van der Waals surface area (Å²) in [5, 5.41) is 18.2. The van der Waals surface area contributed by atoms with Crippen molar-refractivity contribution in [3.8, 4) is 0 Å². The molecule has 0 saturated carbocycles. The van der Waals surface area contributed by atoms with E-state index in [9.17, 15) is 9.90 Å². The molecular formula is C12H24O3. The van der Waals surface area contributed by atoms with Gasteiger partial charge in [0.15, 0.2) is 0 Å². The van der Waals surface area contributed by atoms with Crippen molar-refractivity contribution in [1.82, 2.24) is 0 Å². The van der Waals surface area contributed by atoms with Gasteiger partial charge in [-0.25, -0.2) is 0 Å². The summed E-state index contributed by atoms with van der Waals surface area (Å²) in [5.74, 6) is -0.448. The normalized spacial score (nSPS) is 17.1. The van der Waals surface area contributed by atoms with Crippen molar-refractivity contribution in [2.75, 3.05) is 0 Å². The number of carbonyl (C=O) groups is 1. The molecule has 0 amide bonds. The van der Waals surface area contributed by atoms with Crippen LogP contribution in [-0.2, 0) is 4.79 Å². The lowest BCUT2D eigenvalue weighted by Gasteiger charge is -2.18. The Bertz CT molecular complexity index is 178. The van der Waals surface area contributed by atoms with Crippen molar-refractivity contribution in [3.05, 3.63) is 0 Å². The SMILES string of the molecule is CCC(CCC(CC)C(=O)O)CC(C)O. The molecule has 3 nitrogen and oxygen atoms in total. The predicted molar refractivity (Wildman–Crippen MR) is 60.7 cm³/mol. The zero-order valence-corrected chi connectivity index (χ0v) is 10.1. The molecule has 0 bridgehead atoms. The minimum Gasteiger partial charge on any atom is -0.481 e. The summed E-state index contributed by atoms with van der Waals surface area (Å²) in [7, 11) is 0. The standard InChI is InChI=1S/C12H24O3/c1-4-10(8-9(3)13)6-7-11(5-2)12(14)15/h9-11,13H,4-8H2,1-3H3,(H,14,15). The number of hydrogen-bond acceptors (Lipinski definition) is 2. The van der Waals surface area contributed by atoms with Crippen molar-refractivity contribution < 1.29 is 15.0 Å². The molecule has 0 aromatic carbocycles. The van der Waals surface area contributed by atoms with Crippen LogP contribution in [0.1, 0.15) is 52.9 Å². The van der Waals surface area contributed by atoms with Gasteiger partial charge in [0.2, 0.25) is 0 Å². The van der Waals surface area contributed by atoms with Crippen LogP contribution < -0.4 is 0 Å². The Labute approximate surface area is 92.5 Å². The Balaban J connectivity index is 3.92. The second-order valence-electron chi connectivity index (χ2n) is 4.38. The molecule has 0 saturated heterocycles. The molecule has 3 atom stereocenters. The van der Waals surface area contributed by atoms with E-state index in [0.717, 1.165) is 25.7 Å².